The van der Waals surface area contributed by atoms with Gasteiger partial charge in [-0.2, -0.15) is 5.26 Å². The highest BCUT2D eigenvalue weighted by molar-refractivity contribution is 7.99. The number of thioether (sulfide) groups is 1. The van der Waals surface area contributed by atoms with Crippen molar-refractivity contribution in [3.05, 3.63) is 51.7 Å². The van der Waals surface area contributed by atoms with Crippen LogP contribution in [0.4, 0.5) is 5.00 Å². The summed E-state index contributed by atoms with van der Waals surface area (Å²) in [6.07, 6.45) is 3.80. The molecule has 2 aromatic heterocycles. The first kappa shape index (κ1) is 27.2. The monoisotopic (exact) mass is 537 g/mol. The average molecular weight is 538 g/mol. The molecular weight excluding hydrogens is 502 g/mol. The topological polar surface area (TPSA) is 92.8 Å². The Bertz CT molecular complexity index is 1300. The highest BCUT2D eigenvalue weighted by Gasteiger charge is 2.34. The fourth-order valence-corrected chi connectivity index (χ4v) is 6.73. The third-order valence-electron chi connectivity index (χ3n) is 7.54. The molecular formula is C28H35N5O2S2. The summed E-state index contributed by atoms with van der Waals surface area (Å²) in [6, 6.07) is 10.2. The zero-order valence-electron chi connectivity index (χ0n) is 22.4. The number of thiophene rings is 1. The van der Waals surface area contributed by atoms with Crippen LogP contribution in [0.1, 0.15) is 74.0 Å². The van der Waals surface area contributed by atoms with Crippen molar-refractivity contribution in [1.82, 2.24) is 14.8 Å². The number of benzene rings is 1. The molecule has 0 fully saturated rings. The SMILES string of the molecule is CCC(C)(C)C1CCc2c(sc(NC(=O)CSc3nnc(C(C)Oc4ccc(C)cc4)n3C)c2C#N)C1. The number of amides is 1. The van der Waals surface area contributed by atoms with Crippen molar-refractivity contribution in [2.24, 2.45) is 18.4 Å². The lowest BCUT2D eigenvalue weighted by Crippen LogP contribution is -2.28. The van der Waals surface area contributed by atoms with Gasteiger partial charge in [-0.25, -0.2) is 0 Å². The van der Waals surface area contributed by atoms with Gasteiger partial charge < -0.3 is 14.6 Å². The smallest absolute Gasteiger partial charge is 0.235 e. The first-order valence-electron chi connectivity index (χ1n) is 12.7. The first-order valence-corrected chi connectivity index (χ1v) is 14.5. The molecule has 2 heterocycles. The maximum absolute atomic E-state index is 12.8. The highest BCUT2D eigenvalue weighted by atomic mass is 32.2. The number of anilines is 1. The number of nitrogens with zero attached hydrogens (tertiary/aromatic N) is 4. The van der Waals surface area contributed by atoms with Crippen molar-refractivity contribution in [2.45, 2.75) is 71.6 Å². The van der Waals surface area contributed by atoms with Crippen LogP contribution in [0.15, 0.2) is 29.4 Å². The lowest BCUT2D eigenvalue weighted by Gasteiger charge is -2.36. The van der Waals surface area contributed by atoms with Crippen LogP contribution in [0.3, 0.4) is 0 Å². The Hall–Kier alpha value is -2.83. The molecule has 37 heavy (non-hydrogen) atoms. The fraction of sp³-hybridized carbons (Fsp3) is 0.500. The maximum Gasteiger partial charge on any atom is 0.235 e. The minimum Gasteiger partial charge on any atom is -0.483 e. The minimum absolute atomic E-state index is 0.154. The van der Waals surface area contributed by atoms with E-state index in [0.29, 0.717) is 27.5 Å². The quantitative estimate of drug-likeness (QED) is 0.315. The van der Waals surface area contributed by atoms with Gasteiger partial charge in [0.1, 0.15) is 16.8 Å². The van der Waals surface area contributed by atoms with Crippen molar-refractivity contribution in [3.8, 4) is 11.8 Å². The highest BCUT2D eigenvalue weighted by Crippen LogP contribution is 2.45. The molecule has 196 valence electrons. The van der Waals surface area contributed by atoms with Crippen LogP contribution < -0.4 is 10.1 Å². The Morgan fingerprint density at radius 3 is 2.76 bits per heavy atom. The number of aryl methyl sites for hydroxylation is 1. The van der Waals surface area contributed by atoms with Crippen LogP contribution >= 0.6 is 23.1 Å². The van der Waals surface area contributed by atoms with E-state index in [9.17, 15) is 10.1 Å². The van der Waals surface area contributed by atoms with E-state index in [1.807, 2.05) is 49.7 Å². The van der Waals surface area contributed by atoms with E-state index < -0.39 is 0 Å². The van der Waals surface area contributed by atoms with E-state index >= 15 is 0 Å². The third-order valence-corrected chi connectivity index (χ3v) is 9.73. The second kappa shape index (κ2) is 11.3. The molecule has 1 aliphatic carbocycles. The molecule has 4 rings (SSSR count). The molecule has 1 N–H and O–H groups in total. The minimum atomic E-state index is -0.291. The zero-order valence-corrected chi connectivity index (χ0v) is 24.1. The van der Waals surface area contributed by atoms with E-state index in [1.165, 1.54) is 22.2 Å². The molecule has 0 bridgehead atoms. The lowest BCUT2D eigenvalue weighted by molar-refractivity contribution is -0.113. The summed E-state index contributed by atoms with van der Waals surface area (Å²) in [5, 5.41) is 22.7. The van der Waals surface area contributed by atoms with Gasteiger partial charge in [-0.3, -0.25) is 4.79 Å². The normalized spacial score (nSPS) is 16.1. The van der Waals surface area contributed by atoms with Crippen molar-refractivity contribution < 1.29 is 9.53 Å². The Kier molecular flexibility index (Phi) is 8.29. The Morgan fingerprint density at radius 1 is 1.35 bits per heavy atom. The Morgan fingerprint density at radius 2 is 2.08 bits per heavy atom. The third kappa shape index (κ3) is 6.02. The van der Waals surface area contributed by atoms with E-state index in [1.54, 1.807) is 11.3 Å². The predicted octanol–water partition coefficient (Wildman–Crippen LogP) is 6.47. The van der Waals surface area contributed by atoms with E-state index in [-0.39, 0.29) is 23.2 Å². The van der Waals surface area contributed by atoms with Crippen LogP contribution in [0.5, 0.6) is 5.75 Å². The van der Waals surface area contributed by atoms with Crippen molar-refractivity contribution in [1.29, 1.82) is 5.26 Å². The van der Waals surface area contributed by atoms with Crippen LogP contribution in [0.25, 0.3) is 0 Å². The number of rotatable bonds is 9. The number of fused-ring (bicyclic) bond motifs is 1. The number of carbonyl (C=O) groups excluding carboxylic acids is 1. The van der Waals surface area contributed by atoms with Crippen LogP contribution in [-0.2, 0) is 24.7 Å². The first-order chi connectivity index (χ1) is 17.6. The van der Waals surface area contributed by atoms with Gasteiger partial charge in [0.2, 0.25) is 5.91 Å². The van der Waals surface area contributed by atoms with Gasteiger partial charge in [-0.1, -0.05) is 56.7 Å². The molecule has 0 radical (unpaired) electrons. The Labute approximate surface area is 227 Å². The molecule has 2 unspecified atom stereocenters. The summed E-state index contributed by atoms with van der Waals surface area (Å²) in [6.45, 7) is 10.9. The van der Waals surface area contributed by atoms with Gasteiger partial charge in [-0.15, -0.1) is 21.5 Å². The van der Waals surface area contributed by atoms with Gasteiger partial charge in [-0.05, 0) is 62.1 Å². The van der Waals surface area contributed by atoms with Crippen LogP contribution in [0, 0.1) is 29.6 Å². The van der Waals surface area contributed by atoms with E-state index in [0.717, 1.165) is 37.0 Å². The van der Waals surface area contributed by atoms with Crippen molar-refractivity contribution >= 4 is 34.0 Å². The second-order valence-electron chi connectivity index (χ2n) is 10.4. The summed E-state index contributed by atoms with van der Waals surface area (Å²) in [5.74, 6) is 2.07. The molecule has 7 nitrogen and oxygen atoms in total. The molecule has 1 amide bonds. The summed E-state index contributed by atoms with van der Waals surface area (Å²) >= 11 is 2.89. The van der Waals surface area contributed by atoms with Gasteiger partial charge in [0, 0.05) is 11.9 Å². The second-order valence-corrected chi connectivity index (χ2v) is 12.5. The van der Waals surface area contributed by atoms with Crippen molar-refractivity contribution in [2.75, 3.05) is 11.1 Å². The number of nitrogens with one attached hydrogen (secondary N) is 1. The van der Waals surface area contributed by atoms with Gasteiger partial charge in [0.05, 0.1) is 11.3 Å². The van der Waals surface area contributed by atoms with E-state index in [4.69, 9.17) is 4.74 Å². The summed E-state index contributed by atoms with van der Waals surface area (Å²) in [7, 11) is 1.87. The average Bonchev–Trinajstić information content (AvgIpc) is 3.42. The zero-order chi connectivity index (χ0) is 26.7. The number of aromatic nitrogens is 3. The molecule has 0 aliphatic heterocycles. The molecule has 0 saturated carbocycles. The molecule has 0 saturated heterocycles. The number of carbonyl (C=O) groups is 1. The largest absolute Gasteiger partial charge is 0.483 e. The van der Waals surface area contributed by atoms with Gasteiger partial charge in [0.15, 0.2) is 17.1 Å². The maximum atomic E-state index is 12.8. The van der Waals surface area contributed by atoms with Crippen LogP contribution in [0.2, 0.25) is 0 Å². The number of hydrogen-bond acceptors (Lipinski definition) is 7. The molecule has 3 aromatic rings. The molecule has 1 aliphatic rings. The molecule has 0 spiro atoms. The van der Waals surface area contributed by atoms with Crippen molar-refractivity contribution in [3.63, 3.8) is 0 Å². The number of hydrogen-bond donors (Lipinski definition) is 1. The number of ether oxygens (including phenoxy) is 1. The van der Waals surface area contributed by atoms with Crippen LogP contribution in [-0.4, -0.2) is 26.4 Å². The Balaban J connectivity index is 1.38. The standard InChI is InChI=1S/C28H35N5O2S2/c1-7-28(4,5)19-10-13-21-22(15-29)26(37-23(21)14-19)30-24(34)16-36-27-32-31-25(33(27)6)18(3)35-20-11-8-17(2)9-12-20/h8-9,11-12,18-19H,7,10,13-14,16H2,1-6H3,(H,30,34). The van der Waals surface area contributed by atoms with Gasteiger partial charge in [0.25, 0.3) is 0 Å². The summed E-state index contributed by atoms with van der Waals surface area (Å²) < 4.78 is 7.87. The molecule has 2 atom stereocenters. The van der Waals surface area contributed by atoms with Gasteiger partial charge >= 0.3 is 0 Å². The molecule has 9 heteroatoms. The predicted molar refractivity (Wildman–Crippen MR) is 149 cm³/mol. The number of nitriles is 1. The van der Waals surface area contributed by atoms with E-state index in [2.05, 4.69) is 42.4 Å². The summed E-state index contributed by atoms with van der Waals surface area (Å²) in [4.78, 5) is 14.1. The molecule has 1 aromatic carbocycles. The summed E-state index contributed by atoms with van der Waals surface area (Å²) in [5.41, 5.74) is 3.20. The fourth-order valence-electron chi connectivity index (χ4n) is 4.72. The lowest BCUT2D eigenvalue weighted by atomic mass is 9.69.